The number of hydrogen-bond donors (Lipinski definition) is 1. The second-order valence-electron chi connectivity index (χ2n) is 11.1. The van der Waals surface area contributed by atoms with Crippen molar-refractivity contribution in [3.63, 3.8) is 0 Å². The standard InChI is InChI=1S/C23H38O2/c1-14(2)17-6-7-18-22(17,4)11-9-19-21(3)10-8-16(24)12-15(21)13-20(25)23(18,19)5/h14-19,24H,6-13H2,1-5H3/t15-,16+,17+,18?,19?,21-,22+,23-/m0/s1. The number of carbonyl (C=O) groups excluding carboxylic acids is 1. The lowest BCUT2D eigenvalue weighted by Crippen LogP contribution is -2.62. The van der Waals surface area contributed by atoms with Crippen LogP contribution >= 0.6 is 0 Å². The number of aliphatic hydroxyl groups excluding tert-OH is 1. The normalized spacial score (nSPS) is 55.6. The number of aliphatic hydroxyl groups is 1. The molecule has 4 rings (SSSR count). The lowest BCUT2D eigenvalue weighted by molar-refractivity contribution is -0.185. The van der Waals surface area contributed by atoms with E-state index in [1.54, 1.807) is 0 Å². The van der Waals surface area contributed by atoms with Crippen LogP contribution in [0.2, 0.25) is 0 Å². The summed E-state index contributed by atoms with van der Waals surface area (Å²) in [7, 11) is 0. The first kappa shape index (κ1) is 18.0. The zero-order chi connectivity index (χ0) is 18.2. The summed E-state index contributed by atoms with van der Waals surface area (Å²) in [5, 5.41) is 10.2. The quantitative estimate of drug-likeness (QED) is 0.706. The monoisotopic (exact) mass is 346 g/mol. The molecule has 0 aromatic rings. The van der Waals surface area contributed by atoms with Gasteiger partial charge in [-0.15, -0.1) is 0 Å². The molecule has 0 aromatic carbocycles. The van der Waals surface area contributed by atoms with Crippen molar-refractivity contribution in [2.24, 2.45) is 45.8 Å². The molecule has 25 heavy (non-hydrogen) atoms. The maximum Gasteiger partial charge on any atom is 0.139 e. The molecule has 4 saturated carbocycles. The Morgan fingerprint density at radius 1 is 0.960 bits per heavy atom. The van der Waals surface area contributed by atoms with E-state index in [1.165, 1.54) is 25.7 Å². The molecule has 2 nitrogen and oxygen atoms in total. The van der Waals surface area contributed by atoms with Gasteiger partial charge in [0.05, 0.1) is 6.10 Å². The van der Waals surface area contributed by atoms with E-state index in [2.05, 4.69) is 34.6 Å². The van der Waals surface area contributed by atoms with Gasteiger partial charge in [-0.1, -0.05) is 34.6 Å². The zero-order valence-corrected chi connectivity index (χ0v) is 17.0. The Morgan fingerprint density at radius 2 is 1.60 bits per heavy atom. The highest BCUT2D eigenvalue weighted by Gasteiger charge is 2.68. The number of ketones is 1. The Hall–Kier alpha value is -0.370. The van der Waals surface area contributed by atoms with Crippen molar-refractivity contribution in [2.75, 3.05) is 0 Å². The Bertz CT molecular complexity index is 568. The second kappa shape index (κ2) is 5.57. The molecular formula is C23H38O2. The molecule has 0 amide bonds. The predicted octanol–water partition coefficient (Wildman–Crippen LogP) is 5.23. The molecule has 2 heteroatoms. The van der Waals surface area contributed by atoms with Crippen molar-refractivity contribution in [2.45, 2.75) is 92.1 Å². The summed E-state index contributed by atoms with van der Waals surface area (Å²) in [5.74, 6) is 3.55. The van der Waals surface area contributed by atoms with Gasteiger partial charge in [-0.3, -0.25) is 4.79 Å². The van der Waals surface area contributed by atoms with Crippen molar-refractivity contribution in [3.8, 4) is 0 Å². The van der Waals surface area contributed by atoms with E-state index in [9.17, 15) is 9.90 Å². The number of rotatable bonds is 1. The smallest absolute Gasteiger partial charge is 0.139 e. The number of carbonyl (C=O) groups is 1. The topological polar surface area (TPSA) is 37.3 Å². The minimum absolute atomic E-state index is 0.121. The van der Waals surface area contributed by atoms with E-state index >= 15 is 0 Å². The highest BCUT2D eigenvalue weighted by Crippen LogP contribution is 2.71. The first-order valence-electron chi connectivity index (χ1n) is 10.9. The van der Waals surface area contributed by atoms with Crippen LogP contribution in [0.4, 0.5) is 0 Å². The first-order valence-corrected chi connectivity index (χ1v) is 10.9. The molecule has 0 aromatic heterocycles. The first-order chi connectivity index (χ1) is 11.6. The molecule has 0 spiro atoms. The summed E-state index contributed by atoms with van der Waals surface area (Å²) in [6.45, 7) is 12.1. The number of fused-ring (bicyclic) bond motifs is 5. The van der Waals surface area contributed by atoms with E-state index in [0.717, 1.165) is 37.5 Å². The van der Waals surface area contributed by atoms with Gasteiger partial charge in [-0.05, 0) is 85.4 Å². The lowest BCUT2D eigenvalue weighted by Gasteiger charge is -2.65. The van der Waals surface area contributed by atoms with Gasteiger partial charge in [0, 0.05) is 11.8 Å². The predicted molar refractivity (Wildman–Crippen MR) is 101 cm³/mol. The molecule has 0 aliphatic heterocycles. The van der Waals surface area contributed by atoms with E-state index in [1.807, 2.05) is 0 Å². The minimum atomic E-state index is -0.180. The van der Waals surface area contributed by atoms with Crippen LogP contribution in [-0.2, 0) is 4.79 Å². The molecule has 0 radical (unpaired) electrons. The Kier molecular flexibility index (Phi) is 4.01. The van der Waals surface area contributed by atoms with Gasteiger partial charge < -0.3 is 5.11 Å². The molecule has 1 N–H and O–H groups in total. The molecule has 8 atom stereocenters. The molecule has 0 heterocycles. The van der Waals surface area contributed by atoms with Crippen LogP contribution in [0.25, 0.3) is 0 Å². The van der Waals surface area contributed by atoms with Gasteiger partial charge in [0.1, 0.15) is 5.78 Å². The number of Topliss-reactive ketones (excluding diaryl/α,β-unsaturated/α-hetero) is 1. The van der Waals surface area contributed by atoms with Crippen molar-refractivity contribution in [1.82, 2.24) is 0 Å². The van der Waals surface area contributed by atoms with Crippen LogP contribution in [0.5, 0.6) is 0 Å². The zero-order valence-electron chi connectivity index (χ0n) is 17.0. The van der Waals surface area contributed by atoms with Gasteiger partial charge in [-0.25, -0.2) is 0 Å². The van der Waals surface area contributed by atoms with Crippen LogP contribution in [0.15, 0.2) is 0 Å². The fourth-order valence-electron chi connectivity index (χ4n) is 8.72. The molecule has 2 unspecified atom stereocenters. The van der Waals surface area contributed by atoms with Gasteiger partial charge in [-0.2, -0.15) is 0 Å². The van der Waals surface area contributed by atoms with Crippen molar-refractivity contribution in [3.05, 3.63) is 0 Å². The summed E-state index contributed by atoms with van der Waals surface area (Å²) in [4.78, 5) is 13.5. The third kappa shape index (κ3) is 2.22. The summed E-state index contributed by atoms with van der Waals surface area (Å²) in [5.41, 5.74) is 0.496. The molecule has 0 saturated heterocycles. The van der Waals surface area contributed by atoms with Crippen LogP contribution in [0, 0.1) is 45.8 Å². The third-order valence-electron chi connectivity index (χ3n) is 9.97. The summed E-state index contributed by atoms with van der Waals surface area (Å²) in [6, 6.07) is 0. The maximum atomic E-state index is 13.5. The molecule has 142 valence electrons. The van der Waals surface area contributed by atoms with E-state index in [4.69, 9.17) is 0 Å². The lowest BCUT2D eigenvalue weighted by atomic mass is 9.39. The van der Waals surface area contributed by atoms with Crippen molar-refractivity contribution < 1.29 is 9.90 Å². The highest BCUT2D eigenvalue weighted by atomic mass is 16.3. The Morgan fingerprint density at radius 3 is 2.28 bits per heavy atom. The summed E-state index contributed by atoms with van der Waals surface area (Å²) in [6.07, 6.45) is 8.54. The Balaban J connectivity index is 1.73. The van der Waals surface area contributed by atoms with Gasteiger partial charge >= 0.3 is 0 Å². The maximum absolute atomic E-state index is 13.5. The highest BCUT2D eigenvalue weighted by molar-refractivity contribution is 5.87. The molecular weight excluding hydrogens is 308 g/mol. The van der Waals surface area contributed by atoms with E-state index in [0.29, 0.717) is 29.0 Å². The van der Waals surface area contributed by atoms with Crippen LogP contribution in [0.1, 0.15) is 86.0 Å². The fourth-order valence-corrected chi connectivity index (χ4v) is 8.72. The SMILES string of the molecule is CC(C)[C@H]1CCC2[C@]3(C)C(=O)C[C@@H]4C[C@H](O)CC[C@]4(C)C3CC[C@@]21C. The Labute approximate surface area is 154 Å². The summed E-state index contributed by atoms with van der Waals surface area (Å²) >= 11 is 0. The minimum Gasteiger partial charge on any atom is -0.393 e. The summed E-state index contributed by atoms with van der Waals surface area (Å²) < 4.78 is 0. The van der Waals surface area contributed by atoms with Crippen LogP contribution < -0.4 is 0 Å². The molecule has 4 fully saturated rings. The van der Waals surface area contributed by atoms with Gasteiger partial charge in [0.2, 0.25) is 0 Å². The van der Waals surface area contributed by atoms with Gasteiger partial charge in [0.25, 0.3) is 0 Å². The molecule has 0 bridgehead atoms. The van der Waals surface area contributed by atoms with E-state index in [-0.39, 0.29) is 16.9 Å². The van der Waals surface area contributed by atoms with E-state index < -0.39 is 0 Å². The third-order valence-corrected chi connectivity index (χ3v) is 9.97. The van der Waals surface area contributed by atoms with Crippen LogP contribution in [0.3, 0.4) is 0 Å². The van der Waals surface area contributed by atoms with Crippen LogP contribution in [-0.4, -0.2) is 17.0 Å². The fraction of sp³-hybridized carbons (Fsp3) is 0.957. The largest absolute Gasteiger partial charge is 0.393 e. The average Bonchev–Trinajstić information content (AvgIpc) is 2.89. The van der Waals surface area contributed by atoms with Crippen molar-refractivity contribution in [1.29, 1.82) is 0 Å². The second-order valence-corrected chi connectivity index (χ2v) is 11.1. The molecule has 4 aliphatic carbocycles. The van der Waals surface area contributed by atoms with Crippen molar-refractivity contribution >= 4 is 5.78 Å². The number of hydrogen-bond acceptors (Lipinski definition) is 2. The van der Waals surface area contributed by atoms with Gasteiger partial charge in [0.15, 0.2) is 0 Å². The average molecular weight is 347 g/mol. The molecule has 4 aliphatic rings.